The van der Waals surface area contributed by atoms with Gasteiger partial charge in [0.2, 0.25) is 23.4 Å². The molecule has 9 aromatic rings. The van der Waals surface area contributed by atoms with E-state index in [2.05, 4.69) is 74.0 Å². The van der Waals surface area contributed by atoms with E-state index in [1.165, 1.54) is 77.7 Å². The number of esters is 1. The predicted molar refractivity (Wildman–Crippen MR) is 581 cm³/mol. The number of nitriles is 1. The van der Waals surface area contributed by atoms with Crippen LogP contribution in [0, 0.1) is 52.5 Å². The van der Waals surface area contributed by atoms with Crippen LogP contribution in [-0.4, -0.2) is 253 Å². The molecule has 150 heavy (non-hydrogen) atoms. The molecule has 4 radical (unpaired) electrons. The number of halogens is 6. The Balaban J connectivity index is 0. The number of thiocarbonyl (C=S) groups is 2. The van der Waals surface area contributed by atoms with Gasteiger partial charge >= 0.3 is 36.5 Å². The molecule has 7 aromatic carbocycles. The Morgan fingerprint density at radius 2 is 1.05 bits per heavy atom. The molecule has 4 aliphatic heterocycles. The summed E-state index contributed by atoms with van der Waals surface area (Å²) in [6.45, 7) is 31.1. The minimum absolute atomic E-state index is 0. The van der Waals surface area contributed by atoms with Crippen molar-refractivity contribution in [1.29, 1.82) is 5.26 Å². The number of methoxy groups -OCH3 is 1. The zero-order valence-corrected chi connectivity index (χ0v) is 90.3. The highest BCUT2D eigenvalue weighted by Gasteiger charge is 2.42. The van der Waals surface area contributed by atoms with Crippen LogP contribution in [0.2, 0.25) is 0 Å². The smallest absolute Gasteiger partial charge is 0.407 e. The van der Waals surface area contributed by atoms with Crippen LogP contribution in [0.4, 0.5) is 45.5 Å². The molecule has 8 N–H and O–H groups in total. The standard InChI is InChI=1S/C24H22FN5O2.C18H28FN3O2S.C17H22FN3O3S.C14H17FN2O2S.C13H19FN2O2.C12H12FN3O.C5H11NO2.CO2.B2.6H2/c1-15-13-29(14-27-15)19-9-4-16(11-22(19)32-3)10-20-23(31)30-21(12-26-24(30)28(20)2)17-5-7-18(25)8-6-17;1-6-11-22(5)16(25)21-15(13-7-9-14(19)10-8-13)12-20-17(23)24-18(2,3)4;1-17(2,3)24-15(23)19-9-13(11-5-7-12(18)8-6-11)21-14(22)10-20(4)16(21)25;1-14(2,3)19-13(18)17-8-12(20-9-16)10-4-6-11(15)7-5-10;1-13(2,3)18-12(17)16-8-11(15)9-4-6-10(14)7-5-9;1-15-7-11(17)16-10(6-14-12(15)16)8-2-4-9(13)5-3-8;1-3-8-5(7)4-6-2;2-1-3;1-2;;;;;;/h4-11,13-14,21H,12H2,1-3H3;7-10,15H,6,11-12H2,1-5H3,(H,20,23)(H,21,25);5-8,13H,9-10H2,1-4H3,(H,19,23);4-7,12H,8H2,1-3H3,(H,17,18);4-7,11H,8,15H2,1-3H3,(H,16,17);2-5,10H,6-7H2,1H3;6H,3-4H2,1-2H3;;;6*1H/b20-10-;;;;;;;;;;;;;;. The number of aryl methyl sites for hydroxylation is 1. The van der Waals surface area contributed by atoms with Gasteiger partial charge in [0, 0.05) is 97.2 Å². The van der Waals surface area contributed by atoms with Crippen molar-refractivity contribution in [1.82, 2.24) is 75.1 Å². The number of aliphatic imine (C=N–C) groups is 1. The summed E-state index contributed by atoms with van der Waals surface area (Å²) in [6.07, 6.45) is 4.56. The molecular weight excluding hydrogens is 2000 g/mol. The third-order valence-corrected chi connectivity index (χ3v) is 22.7. The number of thioether (sulfide) groups is 1. The van der Waals surface area contributed by atoms with Crippen LogP contribution in [0.5, 0.6) is 5.75 Å². The van der Waals surface area contributed by atoms with Crippen molar-refractivity contribution in [2.24, 2.45) is 22.8 Å². The second-order valence-electron chi connectivity index (χ2n) is 37.5. The van der Waals surface area contributed by atoms with Crippen LogP contribution in [0.25, 0.3) is 11.8 Å². The summed E-state index contributed by atoms with van der Waals surface area (Å²) in [5.74, 6) is -0.833. The lowest BCUT2D eigenvalue weighted by Gasteiger charge is -2.29. The number of guanidine groups is 1. The number of nitrogens with zero attached hydrogens (tertiary/aromatic N) is 12. The minimum atomic E-state index is -0.631. The maximum absolute atomic E-state index is 13.3. The number of carbonyl (C=O) groups is 7. The molecule has 46 heteroatoms. The average molecular weight is 2150 g/mol. The third kappa shape index (κ3) is 42.3. The molecular formula is C104H143B2F6N19O16S3. The fourth-order valence-corrected chi connectivity index (χ4v) is 15.4. The summed E-state index contributed by atoms with van der Waals surface area (Å²) in [4.78, 5) is 133. The van der Waals surface area contributed by atoms with Crippen LogP contribution >= 0.6 is 36.2 Å². The molecule has 4 aliphatic rings. The molecule has 2 aromatic heterocycles. The highest BCUT2D eigenvalue weighted by atomic mass is 32.2. The number of hydrogen-bond donors (Lipinski definition) is 7. The SMILES string of the molecule is CC(C)(C)OC(=O)NCC(N)c1ccc(F)cc1.CC(C)(C)OC(=O)NCC(SC#N)c1ccc(F)cc1.CCCN(C)C(=S)NC(CNC(=O)OC(C)(C)C)c1ccc(F)cc1.CCOC(=O)CNC.CN1CC(=O)N(C(CNC(=O)OC(C)(C)C)c2ccc(F)cc2)C1=S.CN1CC(=O)N2C1=NCC2c1ccc(F)cc1.COc1cc(/C=c2/c(=O)n3c(n2C)=NCC3c2ccc(F)cc2)ccc1-n1cnc(C)c1.O=C=O.[B][B].[HH].[HH].[HH].[HH].[HH].[HH]. The number of benzene rings is 7. The second kappa shape index (κ2) is 60.9. The van der Waals surface area contributed by atoms with Crippen molar-refractivity contribution in [2.75, 3.05) is 107 Å². The number of rotatable bonds is 25. The van der Waals surface area contributed by atoms with Crippen LogP contribution in [0.15, 0.2) is 191 Å². The van der Waals surface area contributed by atoms with E-state index in [1.807, 2.05) is 78.3 Å². The number of amides is 6. The fraction of sp³-hybridized carbons (Fsp3) is 0.413. The number of likely N-dealkylation sites (N-methyl/N-ethyl adjacent to an activating group) is 3. The van der Waals surface area contributed by atoms with Gasteiger partial charge in [0.1, 0.15) is 80.4 Å². The van der Waals surface area contributed by atoms with Crippen molar-refractivity contribution in [3.05, 3.63) is 277 Å². The maximum atomic E-state index is 13.3. The lowest BCUT2D eigenvalue weighted by molar-refractivity contribution is -0.191. The molecule has 6 unspecified atom stereocenters. The second-order valence-corrected chi connectivity index (χ2v) is 39.2. The highest BCUT2D eigenvalue weighted by molar-refractivity contribution is 8.04. The summed E-state index contributed by atoms with van der Waals surface area (Å²) in [5, 5.41) is 28.4. The van der Waals surface area contributed by atoms with Gasteiger partial charge < -0.3 is 89.9 Å². The number of carbonyl (C=O) groups excluding carboxylic acids is 9. The van der Waals surface area contributed by atoms with Gasteiger partial charge in [-0.1, -0.05) is 85.8 Å². The Labute approximate surface area is 896 Å². The molecule has 816 valence electrons. The minimum Gasteiger partial charge on any atom is -0.495 e. The van der Waals surface area contributed by atoms with Gasteiger partial charge in [-0.25, -0.2) is 55.5 Å². The van der Waals surface area contributed by atoms with Crippen molar-refractivity contribution in [3.8, 4) is 16.8 Å². The molecule has 35 nitrogen and oxygen atoms in total. The van der Waals surface area contributed by atoms with Gasteiger partial charge in [-0.3, -0.25) is 38.5 Å². The monoisotopic (exact) mass is 2150 g/mol. The van der Waals surface area contributed by atoms with E-state index in [0.29, 0.717) is 65.3 Å². The van der Waals surface area contributed by atoms with Crippen LogP contribution < -0.4 is 58.9 Å². The van der Waals surface area contributed by atoms with E-state index in [9.17, 15) is 64.7 Å². The first-order valence-corrected chi connectivity index (χ1v) is 48.9. The van der Waals surface area contributed by atoms with Gasteiger partial charge in [0.05, 0.1) is 87.0 Å². The van der Waals surface area contributed by atoms with Gasteiger partial charge in [-0.15, -0.1) is 0 Å². The van der Waals surface area contributed by atoms with Gasteiger partial charge in [0.15, 0.2) is 10.2 Å². The fourth-order valence-electron chi connectivity index (χ4n) is 14.3. The quantitative estimate of drug-likeness (QED) is 0.00698. The highest BCUT2D eigenvalue weighted by Crippen LogP contribution is 2.33. The molecule has 0 bridgehead atoms. The molecule has 0 spiro atoms. The van der Waals surface area contributed by atoms with Crippen molar-refractivity contribution in [2.45, 2.75) is 168 Å². The number of nitrogens with one attached hydrogen (secondary N) is 6. The molecule has 0 aliphatic carbocycles. The Morgan fingerprint density at radius 3 is 1.48 bits per heavy atom. The number of ether oxygens (including phenoxy) is 6. The van der Waals surface area contributed by atoms with Crippen molar-refractivity contribution in [3.63, 3.8) is 0 Å². The lowest BCUT2D eigenvalue weighted by Crippen LogP contribution is -2.44. The number of aromatic nitrogens is 4. The molecule has 2 fully saturated rings. The first-order valence-electron chi connectivity index (χ1n) is 47.2. The third-order valence-electron chi connectivity index (χ3n) is 20.9. The molecule has 6 heterocycles. The van der Waals surface area contributed by atoms with E-state index in [-0.39, 0.29) is 129 Å². The Kier molecular flexibility index (Phi) is 51.2. The van der Waals surface area contributed by atoms with E-state index < -0.39 is 58.9 Å². The molecule has 6 amide bonds. The summed E-state index contributed by atoms with van der Waals surface area (Å²) in [7, 11) is 18.6. The molecule has 0 saturated carbocycles. The van der Waals surface area contributed by atoms with Crippen molar-refractivity contribution < 1.29 is 106 Å². The number of hydrogen-bond acceptors (Lipinski definition) is 26. The van der Waals surface area contributed by atoms with Crippen LogP contribution in [0.3, 0.4) is 0 Å². The summed E-state index contributed by atoms with van der Waals surface area (Å²) >= 11 is 11.7. The van der Waals surface area contributed by atoms with E-state index >= 15 is 0 Å². The summed E-state index contributed by atoms with van der Waals surface area (Å²) in [5.41, 5.74) is 11.4. The number of thiocyanates is 1. The normalized spacial score (nSPS) is 14.4. The van der Waals surface area contributed by atoms with Crippen LogP contribution in [0.1, 0.15) is 192 Å². The zero-order chi connectivity index (χ0) is 112. The number of alkyl carbamates (subject to hydrolysis) is 4. The molecule has 13 rings (SSSR count). The van der Waals surface area contributed by atoms with Crippen LogP contribution in [-0.2, 0) is 54.7 Å². The van der Waals surface area contributed by atoms with E-state index in [1.54, 1.807) is 209 Å². The summed E-state index contributed by atoms with van der Waals surface area (Å²) in [6, 6.07) is 40.3. The number of fused-ring (bicyclic) bond motifs is 2. The van der Waals surface area contributed by atoms with Gasteiger partial charge in [-0.2, -0.15) is 14.9 Å². The van der Waals surface area contributed by atoms with Crippen molar-refractivity contribution >= 4 is 122 Å². The Morgan fingerprint density at radius 1 is 0.613 bits per heavy atom. The predicted octanol–water partition coefficient (Wildman–Crippen LogP) is 14.8. The first-order chi connectivity index (χ1) is 70.6. The topological polar surface area (TPSA) is 417 Å². The largest absolute Gasteiger partial charge is 0.495 e. The summed E-state index contributed by atoms with van der Waals surface area (Å²) < 4.78 is 114. The van der Waals surface area contributed by atoms with E-state index in [4.69, 9.17) is 68.7 Å². The zero-order valence-electron chi connectivity index (χ0n) is 87.9. The van der Waals surface area contributed by atoms with E-state index in [0.717, 1.165) is 75.4 Å². The Bertz CT molecular complexity index is 6270. The average Bonchev–Trinajstić information content (AvgIpc) is 1.59. The Hall–Kier alpha value is -14.4. The lowest BCUT2D eigenvalue weighted by atomic mass is 9.81. The van der Waals surface area contributed by atoms with Gasteiger partial charge in [0.25, 0.3) is 5.56 Å². The number of imidazole rings is 2. The number of nitrogens with two attached hydrogens (primary N) is 1. The molecule has 6 atom stereocenters. The first kappa shape index (κ1) is 126. The molecule has 2 saturated heterocycles. The maximum Gasteiger partial charge on any atom is 0.407 e. The van der Waals surface area contributed by atoms with Gasteiger partial charge in [-0.05, 0) is 277 Å².